The van der Waals surface area contributed by atoms with Gasteiger partial charge in [0.2, 0.25) is 0 Å². The minimum atomic E-state index is -0.984. The Kier molecular flexibility index (Phi) is 9.63. The Morgan fingerprint density at radius 1 is 1.08 bits per heavy atom. The van der Waals surface area contributed by atoms with Crippen LogP contribution in [0, 0.1) is 17.0 Å². The molecule has 0 N–H and O–H groups in total. The number of fused-ring (bicyclic) bond motifs is 1. The van der Waals surface area contributed by atoms with Gasteiger partial charge in [-0.3, -0.25) is 19.5 Å². The molecule has 2 aromatic heterocycles. The predicted octanol–water partition coefficient (Wildman–Crippen LogP) is 7.38. The number of carbonyl (C=O) groups excluding carboxylic acids is 1. The van der Waals surface area contributed by atoms with E-state index in [1.54, 1.807) is 38.1 Å². The lowest BCUT2D eigenvalue weighted by Gasteiger charge is -2.22. The molecule has 0 radical (unpaired) electrons. The second kappa shape index (κ2) is 13.9. The number of benzene rings is 3. The van der Waals surface area contributed by atoms with Crippen LogP contribution in [0.5, 0.6) is 5.75 Å². The number of hydrogen-bond acceptors (Lipinski definition) is 9. The molecular formula is C35H27Br2N3O7S. The Morgan fingerprint density at radius 3 is 2.50 bits per heavy atom. The van der Waals surface area contributed by atoms with E-state index in [-0.39, 0.29) is 29.2 Å². The van der Waals surface area contributed by atoms with Crippen LogP contribution in [0.3, 0.4) is 0 Å². The number of non-ortho nitro benzene ring substituents is 1. The molecule has 3 aromatic carbocycles. The van der Waals surface area contributed by atoms with Gasteiger partial charge in [0, 0.05) is 17.7 Å². The second-order valence-electron chi connectivity index (χ2n) is 10.8. The van der Waals surface area contributed by atoms with Crippen molar-refractivity contribution in [1.82, 2.24) is 4.57 Å². The van der Waals surface area contributed by atoms with Gasteiger partial charge in [-0.05, 0) is 99.7 Å². The lowest BCUT2D eigenvalue weighted by Crippen LogP contribution is -2.39. The fourth-order valence-electron chi connectivity index (χ4n) is 5.38. The summed E-state index contributed by atoms with van der Waals surface area (Å²) in [7, 11) is 0. The largest absolute Gasteiger partial charge is 0.487 e. The average Bonchev–Trinajstić information content (AvgIpc) is 3.65. The molecular weight excluding hydrogens is 766 g/mol. The number of furan rings is 1. The van der Waals surface area contributed by atoms with Gasteiger partial charge in [-0.2, -0.15) is 0 Å². The number of thiazole rings is 1. The summed E-state index contributed by atoms with van der Waals surface area (Å²) in [5.41, 5.74) is 3.13. The standard InChI is InChI=1S/C35H27Br2N3O7S/c1-4-45-34(42)30-20(3)38-35-39(31(30)28-13-12-27(47-28)24-17-23(40(43)44)11-10-19(24)2)33(41)29(48-35)16-22-14-25(36)32(26(37)15-22)46-18-21-8-6-5-7-9-21/h5-17,31H,4,18H2,1-3H3/b29-16-/t31-/m0/s1. The number of ether oxygens (including phenoxy) is 2. The topological polar surface area (TPSA) is 126 Å². The number of nitro groups is 1. The van der Waals surface area contributed by atoms with E-state index in [2.05, 4.69) is 36.9 Å². The second-order valence-corrected chi connectivity index (χ2v) is 13.6. The van der Waals surface area contributed by atoms with E-state index < -0.39 is 16.9 Å². The molecule has 0 unspecified atom stereocenters. The first-order valence-corrected chi connectivity index (χ1v) is 17.2. The van der Waals surface area contributed by atoms with E-state index in [1.807, 2.05) is 49.4 Å². The van der Waals surface area contributed by atoms with Gasteiger partial charge in [0.25, 0.3) is 11.2 Å². The molecule has 0 aliphatic carbocycles. The van der Waals surface area contributed by atoms with E-state index >= 15 is 0 Å². The number of aryl methyl sites for hydroxylation is 1. The number of allylic oxidation sites excluding steroid dienone is 1. The van der Waals surface area contributed by atoms with Crippen molar-refractivity contribution in [3.63, 3.8) is 0 Å². The van der Waals surface area contributed by atoms with Gasteiger partial charge < -0.3 is 13.9 Å². The summed E-state index contributed by atoms with van der Waals surface area (Å²) in [4.78, 5) is 43.4. The van der Waals surface area contributed by atoms with Crippen molar-refractivity contribution in [3.05, 3.63) is 145 Å². The highest BCUT2D eigenvalue weighted by atomic mass is 79.9. The first-order valence-electron chi connectivity index (χ1n) is 14.8. The van der Waals surface area contributed by atoms with Gasteiger partial charge in [-0.15, -0.1) is 0 Å². The van der Waals surface area contributed by atoms with Gasteiger partial charge >= 0.3 is 5.97 Å². The van der Waals surface area contributed by atoms with Crippen LogP contribution in [0.1, 0.15) is 42.3 Å². The summed E-state index contributed by atoms with van der Waals surface area (Å²) < 4.78 is 20.9. The third-order valence-corrected chi connectivity index (χ3v) is 9.82. The number of rotatable bonds is 9. The number of nitrogens with zero attached hydrogens (tertiary/aromatic N) is 3. The maximum absolute atomic E-state index is 14.1. The minimum Gasteiger partial charge on any atom is -0.487 e. The fraction of sp³-hybridized carbons (Fsp3) is 0.171. The van der Waals surface area contributed by atoms with Crippen molar-refractivity contribution in [1.29, 1.82) is 0 Å². The molecule has 3 heterocycles. The lowest BCUT2D eigenvalue weighted by atomic mass is 10.0. The van der Waals surface area contributed by atoms with Crippen LogP contribution in [0.15, 0.2) is 107 Å². The molecule has 10 nitrogen and oxygen atoms in total. The predicted molar refractivity (Wildman–Crippen MR) is 189 cm³/mol. The van der Waals surface area contributed by atoms with Crippen molar-refractivity contribution in [2.24, 2.45) is 4.99 Å². The number of esters is 1. The quantitative estimate of drug-likeness (QED) is 0.0867. The summed E-state index contributed by atoms with van der Waals surface area (Å²) in [6.45, 7) is 5.71. The Labute approximate surface area is 295 Å². The van der Waals surface area contributed by atoms with Crippen LogP contribution in [-0.2, 0) is 16.1 Å². The van der Waals surface area contributed by atoms with Crippen LogP contribution in [0.2, 0.25) is 0 Å². The molecule has 244 valence electrons. The summed E-state index contributed by atoms with van der Waals surface area (Å²) in [6, 6.07) is 20.4. The maximum atomic E-state index is 14.1. The molecule has 6 rings (SSSR count). The van der Waals surface area contributed by atoms with E-state index in [4.69, 9.17) is 13.9 Å². The average molecular weight is 793 g/mol. The maximum Gasteiger partial charge on any atom is 0.338 e. The SMILES string of the molecule is CCOC(=O)C1=C(C)N=c2s/c(=C\c3cc(Br)c(OCc4ccccc4)c(Br)c3)c(=O)n2[C@H]1c1ccc(-c2cc([N+](=O)[O-])ccc2C)o1. The first-order chi connectivity index (χ1) is 23.0. The molecule has 1 aliphatic rings. The molecule has 0 saturated carbocycles. The molecule has 0 saturated heterocycles. The van der Waals surface area contributed by atoms with Gasteiger partial charge in [-0.1, -0.05) is 47.7 Å². The highest BCUT2D eigenvalue weighted by Crippen LogP contribution is 2.37. The van der Waals surface area contributed by atoms with Crippen LogP contribution < -0.4 is 19.6 Å². The molecule has 1 aliphatic heterocycles. The smallest absolute Gasteiger partial charge is 0.338 e. The zero-order valence-corrected chi connectivity index (χ0v) is 29.8. The zero-order chi connectivity index (χ0) is 34.1. The Morgan fingerprint density at radius 2 is 1.81 bits per heavy atom. The lowest BCUT2D eigenvalue weighted by molar-refractivity contribution is -0.384. The number of aromatic nitrogens is 1. The van der Waals surface area contributed by atoms with Crippen molar-refractivity contribution in [2.75, 3.05) is 6.61 Å². The Hall–Kier alpha value is -4.59. The van der Waals surface area contributed by atoms with Crippen molar-refractivity contribution < 1.29 is 23.6 Å². The third kappa shape index (κ3) is 6.58. The first kappa shape index (κ1) is 33.3. The van der Waals surface area contributed by atoms with Crippen molar-refractivity contribution in [2.45, 2.75) is 33.4 Å². The van der Waals surface area contributed by atoms with Crippen LogP contribution >= 0.6 is 43.2 Å². The zero-order valence-electron chi connectivity index (χ0n) is 25.9. The minimum absolute atomic E-state index is 0.0847. The molecule has 13 heteroatoms. The number of nitro benzene ring substituents is 1. The molecule has 0 spiro atoms. The normalized spacial score (nSPS) is 14.4. The summed E-state index contributed by atoms with van der Waals surface area (Å²) >= 11 is 8.39. The number of carbonyl (C=O) groups is 1. The van der Waals surface area contributed by atoms with Crippen molar-refractivity contribution >= 4 is 60.9 Å². The van der Waals surface area contributed by atoms with Gasteiger partial charge in [-0.25, -0.2) is 9.79 Å². The summed E-state index contributed by atoms with van der Waals surface area (Å²) in [5, 5.41) is 11.5. The Bertz CT molecular complexity index is 2270. The van der Waals surface area contributed by atoms with Crippen molar-refractivity contribution in [3.8, 4) is 17.1 Å². The van der Waals surface area contributed by atoms with Gasteiger partial charge in [0.05, 0.1) is 36.3 Å². The number of hydrogen-bond donors (Lipinski definition) is 0. The van der Waals surface area contributed by atoms with E-state index in [0.717, 1.165) is 16.7 Å². The molecule has 0 fully saturated rings. The van der Waals surface area contributed by atoms with Crippen LogP contribution in [0.25, 0.3) is 17.4 Å². The molecule has 1 atom stereocenters. The monoisotopic (exact) mass is 791 g/mol. The van der Waals surface area contributed by atoms with E-state index in [9.17, 15) is 19.7 Å². The molecule has 0 bridgehead atoms. The van der Waals surface area contributed by atoms with Crippen LogP contribution in [-0.4, -0.2) is 22.1 Å². The summed E-state index contributed by atoms with van der Waals surface area (Å²) in [5.74, 6) is 0.642. The fourth-order valence-corrected chi connectivity index (χ4v) is 7.87. The molecule has 48 heavy (non-hydrogen) atoms. The number of halogens is 2. The van der Waals surface area contributed by atoms with E-state index in [0.29, 0.717) is 47.7 Å². The Balaban J connectivity index is 1.42. The summed E-state index contributed by atoms with van der Waals surface area (Å²) in [6.07, 6.45) is 1.75. The molecule has 5 aromatic rings. The van der Waals surface area contributed by atoms with E-state index in [1.165, 1.54) is 28.0 Å². The van der Waals surface area contributed by atoms with Gasteiger partial charge in [0.15, 0.2) is 4.80 Å². The van der Waals surface area contributed by atoms with Crippen LogP contribution in [0.4, 0.5) is 5.69 Å². The highest BCUT2D eigenvalue weighted by Gasteiger charge is 2.35. The third-order valence-electron chi connectivity index (χ3n) is 7.66. The van der Waals surface area contributed by atoms with Gasteiger partial charge in [0.1, 0.15) is 29.9 Å². The highest BCUT2D eigenvalue weighted by molar-refractivity contribution is 9.11. The molecule has 0 amide bonds.